The zero-order chi connectivity index (χ0) is 14.8. The van der Waals surface area contributed by atoms with E-state index in [4.69, 9.17) is 11.6 Å². The van der Waals surface area contributed by atoms with Crippen molar-refractivity contribution in [2.24, 2.45) is 0 Å². The summed E-state index contributed by atoms with van der Waals surface area (Å²) in [6, 6.07) is 4.72. The Kier molecular flexibility index (Phi) is 3.84. The number of carbonyl (C=O) groups excluding carboxylic acids is 1. The van der Waals surface area contributed by atoms with Crippen molar-refractivity contribution < 1.29 is 18.0 Å². The lowest BCUT2D eigenvalue weighted by molar-refractivity contribution is -0.0885. The quantitative estimate of drug-likeness (QED) is 0.883. The lowest BCUT2D eigenvalue weighted by atomic mass is 10.1. The summed E-state index contributed by atoms with van der Waals surface area (Å²) in [5, 5.41) is 2.69. The van der Waals surface area contributed by atoms with Crippen molar-refractivity contribution in [3.63, 3.8) is 0 Å². The summed E-state index contributed by atoms with van der Waals surface area (Å²) >= 11 is 5.56. The van der Waals surface area contributed by atoms with E-state index in [0.29, 0.717) is 5.69 Å². The fourth-order valence-electron chi connectivity index (χ4n) is 1.33. The molecule has 104 valence electrons. The van der Waals surface area contributed by atoms with Crippen LogP contribution in [0.5, 0.6) is 0 Å². The number of anilines is 2. The number of nitrogens with zero attached hydrogens (tertiary/aromatic N) is 3. The Morgan fingerprint density at radius 2 is 1.80 bits per heavy atom. The normalized spacial score (nSPS) is 11.2. The van der Waals surface area contributed by atoms with E-state index in [2.05, 4.69) is 20.3 Å². The summed E-state index contributed by atoms with van der Waals surface area (Å²) in [4.78, 5) is 22.1. The highest BCUT2D eigenvalue weighted by Crippen LogP contribution is 2.23. The molecular weight excluding hydrogens is 297 g/mol. The summed E-state index contributed by atoms with van der Waals surface area (Å²) in [6.45, 7) is 0. The third-order valence-electron chi connectivity index (χ3n) is 2.20. The average Bonchev–Trinajstić information content (AvgIpc) is 2.38. The highest BCUT2D eigenvalue weighted by Gasteiger charge is 2.39. The Morgan fingerprint density at radius 3 is 2.35 bits per heavy atom. The molecule has 0 aliphatic carbocycles. The summed E-state index contributed by atoms with van der Waals surface area (Å²) in [5.41, 5.74) is -0.0391. The van der Waals surface area contributed by atoms with E-state index in [1.54, 1.807) is 0 Å². The van der Waals surface area contributed by atoms with Crippen LogP contribution in [0.15, 0.2) is 30.6 Å². The standard InChI is InChI=1S/C11H6ClF3N4O/c12-9-16-5-17-10(19-9)18-7-3-1-6(2-4-7)8(20)11(13,14)15/h1-5H,(H,16,17,18,19). The first-order valence-electron chi connectivity index (χ1n) is 5.19. The number of nitrogens with one attached hydrogen (secondary N) is 1. The zero-order valence-electron chi connectivity index (χ0n) is 9.65. The lowest BCUT2D eigenvalue weighted by Gasteiger charge is -2.07. The topological polar surface area (TPSA) is 67.8 Å². The van der Waals surface area contributed by atoms with Crippen molar-refractivity contribution >= 4 is 29.0 Å². The minimum atomic E-state index is -4.89. The number of hydrogen-bond donors (Lipinski definition) is 1. The van der Waals surface area contributed by atoms with Crippen molar-refractivity contribution in [3.05, 3.63) is 41.4 Å². The van der Waals surface area contributed by atoms with Gasteiger partial charge in [0, 0.05) is 11.3 Å². The molecule has 1 N–H and O–H groups in total. The molecule has 0 spiro atoms. The molecule has 0 fully saturated rings. The number of halogens is 4. The van der Waals surface area contributed by atoms with E-state index >= 15 is 0 Å². The number of carbonyl (C=O) groups is 1. The number of ketones is 1. The highest BCUT2D eigenvalue weighted by molar-refractivity contribution is 6.28. The lowest BCUT2D eigenvalue weighted by Crippen LogP contribution is -2.22. The van der Waals surface area contributed by atoms with Crippen LogP contribution < -0.4 is 5.32 Å². The van der Waals surface area contributed by atoms with Crippen LogP contribution in [0.25, 0.3) is 0 Å². The van der Waals surface area contributed by atoms with Crippen molar-refractivity contribution in [3.8, 4) is 0 Å². The maximum absolute atomic E-state index is 12.2. The van der Waals surface area contributed by atoms with E-state index in [1.807, 2.05) is 0 Å². The van der Waals surface area contributed by atoms with Crippen LogP contribution in [0.2, 0.25) is 5.28 Å². The predicted molar refractivity (Wildman–Crippen MR) is 64.9 cm³/mol. The molecule has 0 amide bonds. The molecule has 0 atom stereocenters. The molecule has 1 heterocycles. The molecule has 0 unspecified atom stereocenters. The number of alkyl halides is 3. The van der Waals surface area contributed by atoms with Gasteiger partial charge in [-0.25, -0.2) is 9.97 Å². The van der Waals surface area contributed by atoms with Gasteiger partial charge in [-0.1, -0.05) is 0 Å². The van der Waals surface area contributed by atoms with Gasteiger partial charge in [0.25, 0.3) is 5.78 Å². The minimum Gasteiger partial charge on any atom is -0.324 e. The smallest absolute Gasteiger partial charge is 0.324 e. The maximum Gasteiger partial charge on any atom is 0.454 e. The van der Waals surface area contributed by atoms with Crippen LogP contribution in [-0.4, -0.2) is 26.9 Å². The first-order chi connectivity index (χ1) is 9.36. The van der Waals surface area contributed by atoms with Crippen LogP contribution in [0.1, 0.15) is 10.4 Å². The van der Waals surface area contributed by atoms with Gasteiger partial charge in [0.05, 0.1) is 0 Å². The zero-order valence-corrected chi connectivity index (χ0v) is 10.4. The molecule has 5 nitrogen and oxygen atoms in total. The number of Topliss-reactive ketones (excluding diaryl/α,β-unsaturated/α-hetero) is 1. The van der Waals surface area contributed by atoms with Gasteiger partial charge in [0.1, 0.15) is 6.33 Å². The Balaban J connectivity index is 2.15. The number of benzene rings is 1. The Labute approximate surface area is 115 Å². The van der Waals surface area contributed by atoms with E-state index in [0.717, 1.165) is 12.1 Å². The summed E-state index contributed by atoms with van der Waals surface area (Å²) in [7, 11) is 0. The summed E-state index contributed by atoms with van der Waals surface area (Å²) in [6.07, 6.45) is -3.71. The van der Waals surface area contributed by atoms with Gasteiger partial charge in [-0.05, 0) is 35.9 Å². The maximum atomic E-state index is 12.2. The van der Waals surface area contributed by atoms with Gasteiger partial charge in [-0.3, -0.25) is 4.79 Å². The van der Waals surface area contributed by atoms with Crippen LogP contribution in [0.3, 0.4) is 0 Å². The molecular formula is C11H6ClF3N4O. The van der Waals surface area contributed by atoms with Crippen molar-refractivity contribution in [2.45, 2.75) is 6.18 Å². The fourth-order valence-corrected chi connectivity index (χ4v) is 1.46. The number of hydrogen-bond acceptors (Lipinski definition) is 5. The highest BCUT2D eigenvalue weighted by atomic mass is 35.5. The molecule has 0 aliphatic heterocycles. The number of aromatic nitrogens is 3. The van der Waals surface area contributed by atoms with E-state index in [-0.39, 0.29) is 11.2 Å². The third kappa shape index (κ3) is 3.41. The fraction of sp³-hybridized carbons (Fsp3) is 0.0909. The monoisotopic (exact) mass is 302 g/mol. The molecule has 2 aromatic rings. The van der Waals surface area contributed by atoms with Crippen molar-refractivity contribution in [1.82, 2.24) is 15.0 Å². The molecule has 2 rings (SSSR count). The van der Waals surface area contributed by atoms with Crippen LogP contribution in [0.4, 0.5) is 24.8 Å². The van der Waals surface area contributed by atoms with E-state index in [1.165, 1.54) is 18.5 Å². The van der Waals surface area contributed by atoms with Gasteiger partial charge >= 0.3 is 6.18 Å². The molecule has 0 radical (unpaired) electrons. The molecule has 0 bridgehead atoms. The van der Waals surface area contributed by atoms with Crippen molar-refractivity contribution in [2.75, 3.05) is 5.32 Å². The third-order valence-corrected chi connectivity index (χ3v) is 2.39. The molecule has 9 heteroatoms. The van der Waals surface area contributed by atoms with Crippen LogP contribution >= 0.6 is 11.6 Å². The molecule has 1 aromatic carbocycles. The Bertz CT molecular complexity index is 630. The van der Waals surface area contributed by atoms with Gasteiger partial charge in [0.15, 0.2) is 0 Å². The molecule has 0 saturated heterocycles. The Hall–Kier alpha value is -2.22. The molecule has 0 saturated carbocycles. The van der Waals surface area contributed by atoms with Gasteiger partial charge in [0.2, 0.25) is 11.2 Å². The SMILES string of the molecule is O=C(c1ccc(Nc2ncnc(Cl)n2)cc1)C(F)(F)F. The van der Waals surface area contributed by atoms with Gasteiger partial charge in [-0.15, -0.1) is 0 Å². The van der Waals surface area contributed by atoms with Gasteiger partial charge < -0.3 is 5.32 Å². The molecule has 20 heavy (non-hydrogen) atoms. The minimum absolute atomic E-state index is 0.0219. The number of rotatable bonds is 3. The van der Waals surface area contributed by atoms with Crippen LogP contribution in [-0.2, 0) is 0 Å². The second kappa shape index (κ2) is 5.41. The average molecular weight is 303 g/mol. The molecule has 1 aromatic heterocycles. The van der Waals surface area contributed by atoms with E-state index < -0.39 is 17.5 Å². The summed E-state index contributed by atoms with van der Waals surface area (Å²) in [5.74, 6) is -1.76. The largest absolute Gasteiger partial charge is 0.454 e. The van der Waals surface area contributed by atoms with Crippen LogP contribution in [0, 0.1) is 0 Å². The first kappa shape index (κ1) is 14.2. The first-order valence-corrected chi connectivity index (χ1v) is 5.57. The van der Waals surface area contributed by atoms with Gasteiger partial charge in [-0.2, -0.15) is 18.2 Å². The van der Waals surface area contributed by atoms with Crippen molar-refractivity contribution in [1.29, 1.82) is 0 Å². The van der Waals surface area contributed by atoms with E-state index in [9.17, 15) is 18.0 Å². The second-order valence-electron chi connectivity index (χ2n) is 3.61. The summed E-state index contributed by atoms with van der Waals surface area (Å²) < 4.78 is 36.7. The molecule has 0 aliphatic rings. The predicted octanol–water partition coefficient (Wildman–Crippen LogP) is 3.01. The second-order valence-corrected chi connectivity index (χ2v) is 3.95. The Morgan fingerprint density at radius 1 is 1.15 bits per heavy atom.